The third-order valence-corrected chi connectivity index (χ3v) is 3.09. The van der Waals surface area contributed by atoms with Crippen LogP contribution in [0.25, 0.3) is 0 Å². The quantitative estimate of drug-likeness (QED) is 0.889. The van der Waals surface area contributed by atoms with Gasteiger partial charge in [0.25, 0.3) is 0 Å². The molecular weight excluding hydrogens is 232 g/mol. The predicted octanol–water partition coefficient (Wildman–Crippen LogP) is 1.46. The van der Waals surface area contributed by atoms with E-state index in [1.807, 2.05) is 19.3 Å². The van der Waals surface area contributed by atoms with Gasteiger partial charge < -0.3 is 4.42 Å². The summed E-state index contributed by atoms with van der Waals surface area (Å²) in [6, 6.07) is 2.22. The highest BCUT2D eigenvalue weighted by molar-refractivity contribution is 5.93. The summed E-state index contributed by atoms with van der Waals surface area (Å²) in [4.78, 5) is 15.9. The van der Waals surface area contributed by atoms with Gasteiger partial charge in [-0.2, -0.15) is 5.10 Å². The Balaban J connectivity index is 1.62. The Kier molecular flexibility index (Phi) is 2.43. The average Bonchev–Trinajstić information content (AvgIpc) is 2.86. The highest BCUT2D eigenvalue weighted by Gasteiger charge is 2.45. The molecular formula is C12H14N4O2. The number of nitrogens with one attached hydrogen (secondary N) is 1. The summed E-state index contributed by atoms with van der Waals surface area (Å²) in [6.45, 7) is 1.79. The summed E-state index contributed by atoms with van der Waals surface area (Å²) in [7, 11) is 1.87. The van der Waals surface area contributed by atoms with Gasteiger partial charge in [0.05, 0.1) is 11.9 Å². The molecule has 0 spiro atoms. The standard InChI is InChI=1S/C12H14N4O2/c1-7-6-13-12(18-7)14-11(17)9-5-8(9)10-3-4-16(2)15-10/h3-4,6,8-9H,5H2,1-2H3,(H,13,14,17)/t8-,9-/m1/s1. The first kappa shape index (κ1) is 11.0. The molecule has 0 aromatic carbocycles. The molecule has 0 saturated heterocycles. The van der Waals surface area contributed by atoms with E-state index in [9.17, 15) is 4.79 Å². The van der Waals surface area contributed by atoms with Crippen LogP contribution in [-0.4, -0.2) is 20.7 Å². The van der Waals surface area contributed by atoms with E-state index in [2.05, 4.69) is 15.4 Å². The number of hydrogen-bond acceptors (Lipinski definition) is 4. The van der Waals surface area contributed by atoms with E-state index in [0.29, 0.717) is 5.76 Å². The van der Waals surface area contributed by atoms with Crippen molar-refractivity contribution in [3.8, 4) is 0 Å². The van der Waals surface area contributed by atoms with Crippen molar-refractivity contribution in [1.82, 2.24) is 14.8 Å². The SMILES string of the molecule is Cc1cnc(NC(=O)[C@@H]2C[C@H]2c2ccn(C)n2)o1. The van der Waals surface area contributed by atoms with Gasteiger partial charge in [-0.1, -0.05) is 0 Å². The smallest absolute Gasteiger partial charge is 0.301 e. The third kappa shape index (κ3) is 2.01. The van der Waals surface area contributed by atoms with E-state index in [1.165, 1.54) is 0 Å². The molecule has 1 fully saturated rings. The van der Waals surface area contributed by atoms with Gasteiger partial charge in [0.2, 0.25) is 5.91 Å². The number of rotatable bonds is 3. The molecule has 1 amide bonds. The molecule has 18 heavy (non-hydrogen) atoms. The highest BCUT2D eigenvalue weighted by atomic mass is 16.4. The Bertz CT molecular complexity index is 586. The van der Waals surface area contributed by atoms with E-state index in [-0.39, 0.29) is 23.8 Å². The zero-order valence-electron chi connectivity index (χ0n) is 10.3. The van der Waals surface area contributed by atoms with Gasteiger partial charge in [0.1, 0.15) is 5.76 Å². The van der Waals surface area contributed by atoms with Crippen LogP contribution >= 0.6 is 0 Å². The van der Waals surface area contributed by atoms with Gasteiger partial charge in [-0.05, 0) is 19.4 Å². The maximum Gasteiger partial charge on any atom is 0.301 e. The van der Waals surface area contributed by atoms with Crippen LogP contribution in [-0.2, 0) is 11.8 Å². The van der Waals surface area contributed by atoms with Crippen LogP contribution in [0.15, 0.2) is 22.9 Å². The molecule has 6 nitrogen and oxygen atoms in total. The predicted molar refractivity (Wildman–Crippen MR) is 63.9 cm³/mol. The van der Waals surface area contributed by atoms with Crippen molar-refractivity contribution in [2.24, 2.45) is 13.0 Å². The second-order valence-corrected chi connectivity index (χ2v) is 4.63. The van der Waals surface area contributed by atoms with Crippen LogP contribution in [0.5, 0.6) is 0 Å². The van der Waals surface area contributed by atoms with Crippen LogP contribution in [0.2, 0.25) is 0 Å². The topological polar surface area (TPSA) is 73.0 Å². The maximum absolute atomic E-state index is 11.9. The number of carbonyl (C=O) groups is 1. The number of nitrogens with zero attached hydrogens (tertiary/aromatic N) is 3. The number of amides is 1. The lowest BCUT2D eigenvalue weighted by atomic mass is 10.2. The first-order valence-electron chi connectivity index (χ1n) is 5.86. The molecule has 0 bridgehead atoms. The monoisotopic (exact) mass is 246 g/mol. The van der Waals surface area contributed by atoms with Gasteiger partial charge in [0, 0.05) is 25.1 Å². The van der Waals surface area contributed by atoms with E-state index in [1.54, 1.807) is 17.8 Å². The number of hydrogen-bond donors (Lipinski definition) is 1. The number of aryl methyl sites for hydroxylation is 2. The fraction of sp³-hybridized carbons (Fsp3) is 0.417. The maximum atomic E-state index is 11.9. The van der Waals surface area contributed by atoms with Crippen LogP contribution in [0.4, 0.5) is 6.01 Å². The second-order valence-electron chi connectivity index (χ2n) is 4.63. The fourth-order valence-electron chi connectivity index (χ4n) is 2.05. The van der Waals surface area contributed by atoms with Crippen molar-refractivity contribution in [2.75, 3.05) is 5.32 Å². The van der Waals surface area contributed by atoms with E-state index in [0.717, 1.165) is 12.1 Å². The average molecular weight is 246 g/mol. The molecule has 1 N–H and O–H groups in total. The van der Waals surface area contributed by atoms with Crippen molar-refractivity contribution in [2.45, 2.75) is 19.3 Å². The Labute approximate surface area is 104 Å². The Morgan fingerprint density at radius 2 is 2.44 bits per heavy atom. The lowest BCUT2D eigenvalue weighted by Crippen LogP contribution is -2.14. The summed E-state index contributed by atoms with van der Waals surface area (Å²) in [5, 5.41) is 6.99. The summed E-state index contributed by atoms with van der Waals surface area (Å²) >= 11 is 0. The molecule has 1 aliphatic rings. The first-order chi connectivity index (χ1) is 8.63. The van der Waals surface area contributed by atoms with Crippen molar-refractivity contribution in [3.05, 3.63) is 29.9 Å². The van der Waals surface area contributed by atoms with Gasteiger partial charge in [-0.25, -0.2) is 4.98 Å². The molecule has 6 heteroatoms. The van der Waals surface area contributed by atoms with Gasteiger partial charge in [-0.3, -0.25) is 14.8 Å². The summed E-state index contributed by atoms with van der Waals surface area (Å²) < 4.78 is 6.96. The minimum absolute atomic E-state index is 0.0212. The van der Waals surface area contributed by atoms with Gasteiger partial charge >= 0.3 is 6.01 Å². The molecule has 0 radical (unpaired) electrons. The minimum Gasteiger partial charge on any atom is -0.429 e. The Morgan fingerprint density at radius 3 is 3.06 bits per heavy atom. The first-order valence-corrected chi connectivity index (χ1v) is 5.86. The molecule has 2 atom stereocenters. The molecule has 94 valence electrons. The Hall–Kier alpha value is -2.11. The Morgan fingerprint density at radius 1 is 1.61 bits per heavy atom. The number of carbonyl (C=O) groups excluding carboxylic acids is 1. The van der Waals surface area contributed by atoms with Crippen molar-refractivity contribution >= 4 is 11.9 Å². The van der Waals surface area contributed by atoms with Gasteiger partial charge in [-0.15, -0.1) is 0 Å². The number of aromatic nitrogens is 3. The van der Waals surface area contributed by atoms with Crippen LogP contribution in [0.3, 0.4) is 0 Å². The molecule has 0 aliphatic heterocycles. The molecule has 2 heterocycles. The van der Waals surface area contributed by atoms with E-state index >= 15 is 0 Å². The number of oxazole rings is 1. The van der Waals surface area contributed by atoms with Crippen molar-refractivity contribution < 1.29 is 9.21 Å². The highest BCUT2D eigenvalue weighted by Crippen LogP contribution is 2.47. The fourth-order valence-corrected chi connectivity index (χ4v) is 2.05. The van der Waals surface area contributed by atoms with Crippen LogP contribution in [0, 0.1) is 12.8 Å². The summed E-state index contributed by atoms with van der Waals surface area (Å²) in [6.07, 6.45) is 4.31. The zero-order chi connectivity index (χ0) is 12.7. The summed E-state index contributed by atoms with van der Waals surface area (Å²) in [5.74, 6) is 0.837. The lowest BCUT2D eigenvalue weighted by molar-refractivity contribution is -0.117. The molecule has 2 aromatic rings. The zero-order valence-corrected chi connectivity index (χ0v) is 10.3. The van der Waals surface area contributed by atoms with Crippen LogP contribution < -0.4 is 5.32 Å². The lowest BCUT2D eigenvalue weighted by Gasteiger charge is -1.98. The van der Waals surface area contributed by atoms with Crippen molar-refractivity contribution in [3.63, 3.8) is 0 Å². The van der Waals surface area contributed by atoms with Gasteiger partial charge in [0.15, 0.2) is 0 Å². The van der Waals surface area contributed by atoms with Crippen molar-refractivity contribution in [1.29, 1.82) is 0 Å². The normalized spacial score (nSPS) is 21.9. The molecule has 1 aliphatic carbocycles. The molecule has 3 rings (SSSR count). The second kappa shape index (κ2) is 3.97. The molecule has 1 saturated carbocycles. The van der Waals surface area contributed by atoms with E-state index in [4.69, 9.17) is 4.42 Å². The molecule has 0 unspecified atom stereocenters. The minimum atomic E-state index is -0.0486. The van der Waals surface area contributed by atoms with E-state index < -0.39 is 0 Å². The largest absolute Gasteiger partial charge is 0.429 e. The third-order valence-electron chi connectivity index (χ3n) is 3.09. The van der Waals surface area contributed by atoms with Crippen LogP contribution in [0.1, 0.15) is 23.8 Å². The number of anilines is 1. The molecule has 2 aromatic heterocycles. The summed E-state index contributed by atoms with van der Waals surface area (Å²) in [5.41, 5.74) is 0.973.